The van der Waals surface area contributed by atoms with Crippen LogP contribution in [0.25, 0.3) is 11.3 Å². The van der Waals surface area contributed by atoms with Gasteiger partial charge in [-0.3, -0.25) is 10.3 Å². The summed E-state index contributed by atoms with van der Waals surface area (Å²) in [5.74, 6) is 1.77. The van der Waals surface area contributed by atoms with Crippen LogP contribution in [0.4, 0.5) is 0 Å². The van der Waals surface area contributed by atoms with E-state index in [4.69, 9.17) is 4.42 Å². The van der Waals surface area contributed by atoms with Crippen LogP contribution < -0.4 is 17.7 Å². The minimum atomic E-state index is 0. The molecular formula is C14H13ClN2O. The van der Waals surface area contributed by atoms with E-state index in [-0.39, 0.29) is 12.4 Å². The Bertz CT molecular complexity index is 589. The second-order valence-corrected chi connectivity index (χ2v) is 3.99. The minimum absolute atomic E-state index is 0. The van der Waals surface area contributed by atoms with Crippen molar-refractivity contribution in [2.75, 3.05) is 0 Å². The molecule has 0 amide bonds. The Hall–Kier alpha value is -1.84. The number of hydrogen-bond acceptors (Lipinski definition) is 2. The van der Waals surface area contributed by atoms with Gasteiger partial charge in [-0.1, -0.05) is 0 Å². The van der Waals surface area contributed by atoms with Crippen LogP contribution in [0, 0.1) is 0 Å². The second kappa shape index (κ2) is 5.21. The highest BCUT2D eigenvalue weighted by molar-refractivity contribution is 5.81. The molecule has 1 aromatic rings. The third-order valence-electron chi connectivity index (χ3n) is 2.86. The van der Waals surface area contributed by atoms with E-state index >= 15 is 0 Å². The van der Waals surface area contributed by atoms with Crippen molar-refractivity contribution in [3.63, 3.8) is 0 Å². The lowest BCUT2D eigenvalue weighted by atomic mass is 10.2. The third-order valence-corrected chi connectivity index (χ3v) is 2.86. The molecule has 4 heteroatoms. The topological polar surface area (TPSA) is 42.1 Å². The predicted octanol–water partition coefficient (Wildman–Crippen LogP) is -0.913. The molecule has 2 aliphatic heterocycles. The van der Waals surface area contributed by atoms with Gasteiger partial charge in [-0.2, -0.15) is 0 Å². The molecule has 0 spiro atoms. The molecule has 0 unspecified atom stereocenters. The molecule has 0 saturated carbocycles. The monoisotopic (exact) mass is 260 g/mol. The van der Waals surface area contributed by atoms with Gasteiger partial charge >= 0.3 is 0 Å². The Kier molecular flexibility index (Phi) is 3.65. The van der Waals surface area contributed by atoms with Gasteiger partial charge in [0.25, 0.3) is 0 Å². The zero-order valence-corrected chi connectivity index (χ0v) is 10.7. The fraction of sp³-hybridized carbons (Fsp3) is 0.0714. The van der Waals surface area contributed by atoms with Crippen molar-refractivity contribution in [2.45, 2.75) is 6.92 Å². The summed E-state index contributed by atoms with van der Waals surface area (Å²) in [6, 6.07) is 3.99. The van der Waals surface area contributed by atoms with E-state index in [1.807, 2.05) is 54.9 Å². The summed E-state index contributed by atoms with van der Waals surface area (Å²) in [5, 5.41) is 2.04. The van der Waals surface area contributed by atoms with Crippen molar-refractivity contribution in [3.05, 3.63) is 59.9 Å². The van der Waals surface area contributed by atoms with Crippen molar-refractivity contribution in [2.24, 2.45) is 4.99 Å². The molecule has 0 aromatic carbocycles. The third kappa shape index (κ3) is 2.23. The van der Waals surface area contributed by atoms with E-state index in [9.17, 15) is 0 Å². The molecule has 0 radical (unpaired) electrons. The predicted molar refractivity (Wildman–Crippen MR) is 68.0 cm³/mol. The second-order valence-electron chi connectivity index (χ2n) is 3.99. The number of furan rings is 1. The van der Waals surface area contributed by atoms with E-state index in [2.05, 4.69) is 4.99 Å². The lowest BCUT2D eigenvalue weighted by Crippen LogP contribution is -3.00. The summed E-state index contributed by atoms with van der Waals surface area (Å²) >= 11 is 0. The van der Waals surface area contributed by atoms with Crippen LogP contribution >= 0.6 is 0 Å². The van der Waals surface area contributed by atoms with Crippen LogP contribution in [0.2, 0.25) is 0 Å². The number of aliphatic imine (C=N–C) groups is 1. The number of halogens is 1. The van der Waals surface area contributed by atoms with E-state index in [0.29, 0.717) is 0 Å². The van der Waals surface area contributed by atoms with Gasteiger partial charge in [0.2, 0.25) is 0 Å². The highest BCUT2D eigenvalue weighted by Gasteiger charge is 2.14. The van der Waals surface area contributed by atoms with Crippen LogP contribution in [0.1, 0.15) is 18.4 Å². The Morgan fingerprint density at radius 1 is 1.28 bits per heavy atom. The molecule has 1 aromatic heterocycles. The highest BCUT2D eigenvalue weighted by Crippen LogP contribution is 2.25. The fourth-order valence-electron chi connectivity index (χ4n) is 1.88. The normalized spacial score (nSPS) is 19.1. The molecular weight excluding hydrogens is 248 g/mol. The first-order chi connectivity index (χ1) is 8.34. The van der Waals surface area contributed by atoms with Gasteiger partial charge in [-0.25, -0.2) is 0 Å². The first-order valence-corrected chi connectivity index (χ1v) is 5.58. The average Bonchev–Trinajstić information content (AvgIpc) is 3.09. The Labute approximate surface area is 112 Å². The lowest BCUT2D eigenvalue weighted by molar-refractivity contribution is -0.484. The standard InChI is InChI=1S/C14H12N2O.ClH/c1-10(11-4-2-8-15-11)13-6-7-14(17-13)12-5-3-9-16-12;/h2-9,16H,1H3;1H/b11-10-;. The molecule has 2 aliphatic rings. The Balaban J connectivity index is 0.00000120. The van der Waals surface area contributed by atoms with Gasteiger partial charge in [-0.15, -0.1) is 0 Å². The smallest absolute Gasteiger partial charge is 0.188 e. The molecule has 0 atom stereocenters. The Morgan fingerprint density at radius 3 is 2.83 bits per heavy atom. The molecule has 0 bridgehead atoms. The summed E-state index contributed by atoms with van der Waals surface area (Å²) in [5.41, 5.74) is 3.14. The molecule has 3 heterocycles. The molecule has 0 saturated heterocycles. The van der Waals surface area contributed by atoms with E-state index < -0.39 is 0 Å². The highest BCUT2D eigenvalue weighted by atomic mass is 35.5. The van der Waals surface area contributed by atoms with Gasteiger partial charge in [0, 0.05) is 17.9 Å². The number of allylic oxidation sites excluding steroid dienone is 5. The summed E-state index contributed by atoms with van der Waals surface area (Å²) in [7, 11) is 0. The quantitative estimate of drug-likeness (QED) is 0.735. The van der Waals surface area contributed by atoms with E-state index in [0.717, 1.165) is 28.5 Å². The summed E-state index contributed by atoms with van der Waals surface area (Å²) in [6.07, 6.45) is 11.8. The largest absolute Gasteiger partial charge is 1.00 e. The number of nitrogens with two attached hydrogens (primary N) is 1. The van der Waals surface area contributed by atoms with Crippen molar-refractivity contribution < 1.29 is 22.1 Å². The maximum absolute atomic E-state index is 5.84. The number of nitrogens with zero attached hydrogens (tertiary/aromatic N) is 1. The van der Waals surface area contributed by atoms with Gasteiger partial charge in [0.1, 0.15) is 5.76 Å². The first kappa shape index (κ1) is 12.6. The zero-order chi connectivity index (χ0) is 11.7. The van der Waals surface area contributed by atoms with Gasteiger partial charge < -0.3 is 16.8 Å². The SMILES string of the molecule is C/C(=C1\C=CC=N1)c1ccc(C2=CC=C[NH2+]2)o1.[Cl-]. The van der Waals surface area contributed by atoms with E-state index in [1.54, 1.807) is 6.21 Å². The maximum atomic E-state index is 5.84. The lowest BCUT2D eigenvalue weighted by Gasteiger charge is -1.98. The number of quaternary nitrogens is 1. The van der Waals surface area contributed by atoms with Crippen LogP contribution in [0.15, 0.2) is 57.7 Å². The van der Waals surface area contributed by atoms with Crippen LogP contribution in [0.5, 0.6) is 0 Å². The molecule has 3 rings (SSSR count). The Morgan fingerprint density at radius 2 is 2.17 bits per heavy atom. The van der Waals surface area contributed by atoms with Crippen molar-refractivity contribution in [1.82, 2.24) is 0 Å². The summed E-state index contributed by atoms with van der Waals surface area (Å²) < 4.78 is 5.84. The summed E-state index contributed by atoms with van der Waals surface area (Å²) in [4.78, 5) is 4.27. The van der Waals surface area contributed by atoms with Crippen molar-refractivity contribution in [1.29, 1.82) is 0 Å². The van der Waals surface area contributed by atoms with Gasteiger partial charge in [0.05, 0.1) is 11.9 Å². The van der Waals surface area contributed by atoms with Gasteiger partial charge in [-0.05, 0) is 37.3 Å². The molecule has 0 fully saturated rings. The summed E-state index contributed by atoms with van der Waals surface area (Å²) in [6.45, 7) is 2.02. The molecule has 0 aliphatic carbocycles. The molecule has 92 valence electrons. The average molecular weight is 261 g/mol. The van der Waals surface area contributed by atoms with Gasteiger partial charge in [0.15, 0.2) is 11.5 Å². The first-order valence-electron chi connectivity index (χ1n) is 5.58. The van der Waals surface area contributed by atoms with Crippen molar-refractivity contribution in [3.8, 4) is 0 Å². The van der Waals surface area contributed by atoms with Crippen LogP contribution in [-0.2, 0) is 0 Å². The molecule has 2 N–H and O–H groups in total. The number of rotatable bonds is 2. The maximum Gasteiger partial charge on any atom is 0.188 e. The minimum Gasteiger partial charge on any atom is -1.00 e. The molecule has 18 heavy (non-hydrogen) atoms. The van der Waals surface area contributed by atoms with Crippen LogP contribution in [0.3, 0.4) is 0 Å². The number of hydrogen-bond donors (Lipinski definition) is 1. The van der Waals surface area contributed by atoms with E-state index in [1.165, 1.54) is 0 Å². The molecule has 3 nitrogen and oxygen atoms in total. The van der Waals surface area contributed by atoms with Crippen LogP contribution in [-0.4, -0.2) is 6.21 Å². The van der Waals surface area contributed by atoms with Crippen molar-refractivity contribution >= 4 is 17.5 Å². The fourth-order valence-corrected chi connectivity index (χ4v) is 1.88. The zero-order valence-electron chi connectivity index (χ0n) is 9.93.